The van der Waals surface area contributed by atoms with Crippen LogP contribution in [0.5, 0.6) is 0 Å². The van der Waals surface area contributed by atoms with Crippen molar-refractivity contribution in [1.29, 1.82) is 0 Å². The lowest BCUT2D eigenvalue weighted by Gasteiger charge is -2.09. The van der Waals surface area contributed by atoms with Crippen molar-refractivity contribution in [2.24, 2.45) is 0 Å². The Kier molecular flexibility index (Phi) is 3.67. The second-order valence-electron chi connectivity index (χ2n) is 4.46. The van der Waals surface area contributed by atoms with Gasteiger partial charge in [0.1, 0.15) is 0 Å². The van der Waals surface area contributed by atoms with E-state index in [1.54, 1.807) is 66.0 Å². The minimum Gasteiger partial charge on any atom is -0.478 e. The average Bonchev–Trinajstić information content (AvgIpc) is 3.07. The molecular formula is C17H11N3O2. The van der Waals surface area contributed by atoms with Gasteiger partial charge in [-0.3, -0.25) is 4.98 Å². The highest BCUT2D eigenvalue weighted by atomic mass is 16.4. The third-order valence-corrected chi connectivity index (χ3v) is 3.05. The van der Waals surface area contributed by atoms with Gasteiger partial charge in [0.2, 0.25) is 0 Å². The number of rotatable bonds is 2. The highest BCUT2D eigenvalue weighted by molar-refractivity contribution is 5.93. The number of imidazole rings is 1. The molecule has 0 atom stereocenters. The van der Waals surface area contributed by atoms with Crippen molar-refractivity contribution in [1.82, 2.24) is 14.5 Å². The minimum atomic E-state index is -1.00. The summed E-state index contributed by atoms with van der Waals surface area (Å²) >= 11 is 0. The molecule has 0 bridgehead atoms. The number of pyridine rings is 1. The Bertz CT molecular complexity index is 860. The molecule has 0 aliphatic rings. The zero-order valence-corrected chi connectivity index (χ0v) is 11.5. The standard InChI is InChI=1S/C17H11N3O2/c21-17(22)15-3-1-2-14(16(15)20-11-10-19-12-20)5-4-13-6-8-18-9-7-13/h1-3,6-12H,(H,21,22). The summed E-state index contributed by atoms with van der Waals surface area (Å²) in [5.41, 5.74) is 2.12. The van der Waals surface area contributed by atoms with Crippen LogP contribution in [0.15, 0.2) is 61.4 Å². The monoisotopic (exact) mass is 289 g/mol. The van der Waals surface area contributed by atoms with Crippen LogP contribution in [0, 0.1) is 11.8 Å². The van der Waals surface area contributed by atoms with E-state index in [-0.39, 0.29) is 5.56 Å². The van der Waals surface area contributed by atoms with Gasteiger partial charge in [0.25, 0.3) is 0 Å². The summed E-state index contributed by atoms with van der Waals surface area (Å²) in [5.74, 6) is 5.03. The summed E-state index contributed by atoms with van der Waals surface area (Å²) in [5, 5.41) is 9.38. The molecule has 1 aromatic carbocycles. The lowest BCUT2D eigenvalue weighted by molar-refractivity contribution is 0.0697. The molecule has 3 aromatic rings. The molecule has 22 heavy (non-hydrogen) atoms. The summed E-state index contributed by atoms with van der Waals surface area (Å²) < 4.78 is 1.65. The molecule has 0 saturated carbocycles. The first-order chi connectivity index (χ1) is 10.8. The largest absolute Gasteiger partial charge is 0.478 e. The fraction of sp³-hybridized carbons (Fsp3) is 0. The van der Waals surface area contributed by atoms with Crippen LogP contribution in [0.3, 0.4) is 0 Å². The predicted octanol–water partition coefficient (Wildman–Crippen LogP) is 2.37. The number of carbonyl (C=O) groups is 1. The maximum absolute atomic E-state index is 11.5. The Morgan fingerprint density at radius 3 is 2.55 bits per heavy atom. The van der Waals surface area contributed by atoms with E-state index in [0.29, 0.717) is 11.3 Å². The molecule has 3 rings (SSSR count). The van der Waals surface area contributed by atoms with E-state index in [1.165, 1.54) is 0 Å². The number of benzene rings is 1. The molecule has 0 aliphatic heterocycles. The molecule has 0 saturated heterocycles. The van der Waals surface area contributed by atoms with Gasteiger partial charge in [0, 0.05) is 35.9 Å². The van der Waals surface area contributed by atoms with Crippen molar-refractivity contribution < 1.29 is 9.90 Å². The van der Waals surface area contributed by atoms with Crippen molar-refractivity contribution in [3.8, 4) is 17.5 Å². The highest BCUT2D eigenvalue weighted by Crippen LogP contribution is 2.19. The van der Waals surface area contributed by atoms with E-state index in [4.69, 9.17) is 0 Å². The van der Waals surface area contributed by atoms with Gasteiger partial charge in [0.05, 0.1) is 17.6 Å². The van der Waals surface area contributed by atoms with Gasteiger partial charge in [0.15, 0.2) is 0 Å². The van der Waals surface area contributed by atoms with Crippen LogP contribution in [0.25, 0.3) is 5.69 Å². The fourth-order valence-electron chi connectivity index (χ4n) is 2.06. The maximum atomic E-state index is 11.5. The van der Waals surface area contributed by atoms with E-state index in [2.05, 4.69) is 21.8 Å². The zero-order chi connectivity index (χ0) is 15.4. The number of aromatic nitrogens is 3. The number of carboxylic acids is 1. The van der Waals surface area contributed by atoms with Crippen LogP contribution < -0.4 is 0 Å². The third-order valence-electron chi connectivity index (χ3n) is 3.05. The lowest BCUT2D eigenvalue weighted by Crippen LogP contribution is -2.06. The highest BCUT2D eigenvalue weighted by Gasteiger charge is 2.14. The number of carboxylic acid groups (broad SMARTS) is 1. The molecule has 5 nitrogen and oxygen atoms in total. The number of aromatic carboxylic acids is 1. The normalized spacial score (nSPS) is 9.82. The molecular weight excluding hydrogens is 278 g/mol. The third kappa shape index (κ3) is 2.72. The lowest BCUT2D eigenvalue weighted by atomic mass is 10.1. The number of hydrogen-bond acceptors (Lipinski definition) is 3. The molecule has 0 spiro atoms. The molecule has 5 heteroatoms. The molecule has 1 N–H and O–H groups in total. The molecule has 0 radical (unpaired) electrons. The van der Waals surface area contributed by atoms with E-state index in [0.717, 1.165) is 5.56 Å². The zero-order valence-electron chi connectivity index (χ0n) is 11.5. The molecule has 0 fully saturated rings. The summed E-state index contributed by atoms with van der Waals surface area (Å²) in [6.45, 7) is 0. The Balaban J connectivity index is 2.15. The first-order valence-electron chi connectivity index (χ1n) is 6.52. The van der Waals surface area contributed by atoms with E-state index in [1.807, 2.05) is 0 Å². The summed E-state index contributed by atoms with van der Waals surface area (Å²) in [6.07, 6.45) is 8.17. The van der Waals surface area contributed by atoms with Crippen LogP contribution in [-0.2, 0) is 0 Å². The van der Waals surface area contributed by atoms with E-state index < -0.39 is 5.97 Å². The average molecular weight is 289 g/mol. The van der Waals surface area contributed by atoms with E-state index >= 15 is 0 Å². The van der Waals surface area contributed by atoms with Crippen LogP contribution in [0.1, 0.15) is 21.5 Å². The molecule has 2 heterocycles. The number of nitrogens with zero attached hydrogens (tertiary/aromatic N) is 3. The van der Waals surface area contributed by atoms with Gasteiger partial charge in [-0.2, -0.15) is 0 Å². The van der Waals surface area contributed by atoms with Crippen molar-refractivity contribution in [3.05, 3.63) is 78.1 Å². The Labute approximate surface area is 126 Å². The molecule has 0 aliphatic carbocycles. The second kappa shape index (κ2) is 5.94. The maximum Gasteiger partial charge on any atom is 0.337 e. The van der Waals surface area contributed by atoms with Gasteiger partial charge < -0.3 is 9.67 Å². The Morgan fingerprint density at radius 2 is 1.86 bits per heavy atom. The number of hydrogen-bond donors (Lipinski definition) is 1. The topological polar surface area (TPSA) is 68.0 Å². The van der Waals surface area contributed by atoms with E-state index in [9.17, 15) is 9.90 Å². The predicted molar refractivity (Wildman–Crippen MR) is 80.7 cm³/mol. The second-order valence-corrected chi connectivity index (χ2v) is 4.46. The van der Waals surface area contributed by atoms with Crippen LogP contribution in [0.2, 0.25) is 0 Å². The summed E-state index contributed by atoms with van der Waals surface area (Å²) in [7, 11) is 0. The van der Waals surface area contributed by atoms with Crippen molar-refractivity contribution in [2.75, 3.05) is 0 Å². The van der Waals surface area contributed by atoms with Gasteiger partial charge in [-0.05, 0) is 24.3 Å². The minimum absolute atomic E-state index is 0.180. The smallest absolute Gasteiger partial charge is 0.337 e. The summed E-state index contributed by atoms with van der Waals surface area (Å²) in [4.78, 5) is 19.4. The Morgan fingerprint density at radius 1 is 1.05 bits per heavy atom. The summed E-state index contributed by atoms with van der Waals surface area (Å²) in [6, 6.07) is 8.61. The van der Waals surface area contributed by atoms with Crippen LogP contribution in [-0.4, -0.2) is 25.6 Å². The van der Waals surface area contributed by atoms with Crippen molar-refractivity contribution >= 4 is 5.97 Å². The fourth-order valence-corrected chi connectivity index (χ4v) is 2.06. The quantitative estimate of drug-likeness (QED) is 0.735. The van der Waals surface area contributed by atoms with Gasteiger partial charge >= 0.3 is 5.97 Å². The number of para-hydroxylation sites is 1. The van der Waals surface area contributed by atoms with Gasteiger partial charge in [-0.15, -0.1) is 0 Å². The first-order valence-corrected chi connectivity index (χ1v) is 6.52. The first kappa shape index (κ1) is 13.6. The Hall–Kier alpha value is -3.39. The molecule has 0 amide bonds. The molecule has 0 unspecified atom stereocenters. The van der Waals surface area contributed by atoms with Crippen molar-refractivity contribution in [2.45, 2.75) is 0 Å². The van der Waals surface area contributed by atoms with Gasteiger partial charge in [-0.25, -0.2) is 9.78 Å². The molecule has 106 valence electrons. The van der Waals surface area contributed by atoms with Crippen LogP contribution >= 0.6 is 0 Å². The molecule has 2 aromatic heterocycles. The van der Waals surface area contributed by atoms with Crippen LogP contribution in [0.4, 0.5) is 0 Å². The van der Waals surface area contributed by atoms with Gasteiger partial charge in [-0.1, -0.05) is 17.9 Å². The SMILES string of the molecule is O=C(O)c1cccc(C#Cc2ccncc2)c1-n1ccnc1. The van der Waals surface area contributed by atoms with Crippen molar-refractivity contribution in [3.63, 3.8) is 0 Å².